The average molecular weight is 344 g/mol. The summed E-state index contributed by atoms with van der Waals surface area (Å²) in [6.07, 6.45) is 0. The second-order valence-corrected chi connectivity index (χ2v) is 6.73. The van der Waals surface area contributed by atoms with Crippen LogP contribution in [0.1, 0.15) is 51.0 Å². The number of methoxy groups -OCH3 is 1. The molecule has 0 aliphatic heterocycles. The van der Waals surface area contributed by atoms with Crippen LogP contribution in [-0.2, 0) is 0 Å². The normalized spacial score (nSPS) is 11.8. The Kier molecular flexibility index (Phi) is 5.22. The Labute approximate surface area is 155 Å². The highest BCUT2D eigenvalue weighted by molar-refractivity contribution is 5.94. The van der Waals surface area contributed by atoms with Crippen molar-refractivity contribution < 1.29 is 9.53 Å². The molecule has 3 aromatic carbocycles. The Hall–Kier alpha value is -2.87. The Morgan fingerprint density at radius 3 is 2.08 bits per heavy atom. The van der Waals surface area contributed by atoms with E-state index in [0.29, 0.717) is 0 Å². The highest BCUT2D eigenvalue weighted by atomic mass is 16.5. The largest absolute Gasteiger partial charge is 0.497 e. The van der Waals surface area contributed by atoms with E-state index in [1.165, 1.54) is 22.3 Å². The molecule has 0 saturated heterocycles. The van der Waals surface area contributed by atoms with Crippen molar-refractivity contribution >= 4 is 5.78 Å². The fourth-order valence-electron chi connectivity index (χ4n) is 3.25. The number of carbonyl (C=O) groups is 1. The molecule has 132 valence electrons. The maximum Gasteiger partial charge on any atom is 0.159 e. The van der Waals surface area contributed by atoms with Crippen LogP contribution >= 0.6 is 0 Å². The first-order valence-electron chi connectivity index (χ1n) is 8.81. The van der Waals surface area contributed by atoms with E-state index < -0.39 is 0 Å². The standard InChI is InChI=1S/C24H24O2/c1-16-8-9-22(14-17(16)2)24(21-6-5-7-23(15-21)26-4)20-12-10-19(11-13-20)18(3)25/h5-15,24H,1-4H3/t24-/m1/s1. The zero-order valence-electron chi connectivity index (χ0n) is 15.7. The van der Waals surface area contributed by atoms with Gasteiger partial charge in [-0.1, -0.05) is 54.6 Å². The van der Waals surface area contributed by atoms with Crippen LogP contribution < -0.4 is 4.74 Å². The third-order valence-corrected chi connectivity index (χ3v) is 4.94. The Bertz CT molecular complexity index is 923. The lowest BCUT2D eigenvalue weighted by atomic mass is 9.83. The highest BCUT2D eigenvalue weighted by Crippen LogP contribution is 2.34. The summed E-state index contributed by atoms with van der Waals surface area (Å²) in [5.41, 5.74) is 6.85. The fourth-order valence-corrected chi connectivity index (χ4v) is 3.25. The van der Waals surface area contributed by atoms with Gasteiger partial charge in [-0.3, -0.25) is 4.79 Å². The number of benzene rings is 3. The Balaban J connectivity index is 2.14. The highest BCUT2D eigenvalue weighted by Gasteiger charge is 2.18. The summed E-state index contributed by atoms with van der Waals surface area (Å²) in [5, 5.41) is 0. The molecule has 0 saturated carbocycles. The van der Waals surface area contributed by atoms with E-state index in [1.807, 2.05) is 24.3 Å². The van der Waals surface area contributed by atoms with Crippen molar-refractivity contribution in [2.75, 3.05) is 7.11 Å². The van der Waals surface area contributed by atoms with Gasteiger partial charge < -0.3 is 4.74 Å². The number of aryl methyl sites for hydroxylation is 2. The molecular formula is C24H24O2. The molecule has 3 aromatic rings. The van der Waals surface area contributed by atoms with Crippen LogP contribution in [-0.4, -0.2) is 12.9 Å². The Morgan fingerprint density at radius 2 is 1.46 bits per heavy atom. The van der Waals surface area contributed by atoms with E-state index in [2.05, 4.69) is 56.3 Å². The summed E-state index contributed by atoms with van der Waals surface area (Å²) in [6.45, 7) is 5.86. The average Bonchev–Trinajstić information content (AvgIpc) is 2.65. The number of ether oxygens (including phenoxy) is 1. The van der Waals surface area contributed by atoms with Crippen LogP contribution in [0, 0.1) is 13.8 Å². The first-order valence-corrected chi connectivity index (χ1v) is 8.81. The molecule has 0 radical (unpaired) electrons. The summed E-state index contributed by atoms with van der Waals surface area (Å²) < 4.78 is 5.43. The minimum atomic E-state index is 0.0839. The van der Waals surface area contributed by atoms with Crippen LogP contribution in [0.3, 0.4) is 0 Å². The van der Waals surface area contributed by atoms with E-state index in [1.54, 1.807) is 14.0 Å². The zero-order valence-corrected chi connectivity index (χ0v) is 15.7. The number of hydrogen-bond acceptors (Lipinski definition) is 2. The second kappa shape index (κ2) is 7.57. The minimum absolute atomic E-state index is 0.0839. The summed E-state index contributed by atoms with van der Waals surface area (Å²) in [4.78, 5) is 11.6. The van der Waals surface area contributed by atoms with Crippen LogP contribution in [0.4, 0.5) is 0 Å². The lowest BCUT2D eigenvalue weighted by molar-refractivity contribution is 0.101. The van der Waals surface area contributed by atoms with Crippen molar-refractivity contribution in [2.45, 2.75) is 26.7 Å². The van der Waals surface area contributed by atoms with Crippen LogP contribution in [0.15, 0.2) is 66.7 Å². The minimum Gasteiger partial charge on any atom is -0.497 e. The summed E-state index contributed by atoms with van der Waals surface area (Å²) in [5.74, 6) is 1.02. The second-order valence-electron chi connectivity index (χ2n) is 6.73. The van der Waals surface area contributed by atoms with Crippen molar-refractivity contribution in [3.63, 3.8) is 0 Å². The zero-order chi connectivity index (χ0) is 18.7. The molecule has 0 amide bonds. The van der Waals surface area contributed by atoms with Crippen LogP contribution in [0.5, 0.6) is 5.75 Å². The SMILES string of the molecule is COc1cccc([C@@H](c2ccc(C(C)=O)cc2)c2ccc(C)c(C)c2)c1. The lowest BCUT2D eigenvalue weighted by Crippen LogP contribution is -2.05. The van der Waals surface area contributed by atoms with Gasteiger partial charge in [0, 0.05) is 11.5 Å². The molecule has 0 N–H and O–H groups in total. The molecule has 1 atom stereocenters. The molecule has 0 unspecified atom stereocenters. The monoisotopic (exact) mass is 344 g/mol. The molecular weight excluding hydrogens is 320 g/mol. The molecule has 2 heteroatoms. The number of ketones is 1. The first kappa shape index (κ1) is 17.9. The molecule has 0 bridgehead atoms. The molecule has 3 rings (SSSR count). The third-order valence-electron chi connectivity index (χ3n) is 4.94. The van der Waals surface area contributed by atoms with E-state index in [-0.39, 0.29) is 11.7 Å². The molecule has 0 heterocycles. The van der Waals surface area contributed by atoms with Gasteiger partial charge in [0.25, 0.3) is 0 Å². The predicted molar refractivity (Wildman–Crippen MR) is 106 cm³/mol. The van der Waals surface area contributed by atoms with Gasteiger partial charge in [-0.15, -0.1) is 0 Å². The van der Waals surface area contributed by atoms with Gasteiger partial charge in [0.1, 0.15) is 5.75 Å². The number of Topliss-reactive ketones (excluding diaryl/α,β-unsaturated/α-hetero) is 1. The third kappa shape index (κ3) is 3.70. The topological polar surface area (TPSA) is 26.3 Å². The summed E-state index contributed by atoms with van der Waals surface area (Å²) in [7, 11) is 1.69. The maximum absolute atomic E-state index is 11.6. The van der Waals surface area contributed by atoms with E-state index >= 15 is 0 Å². The number of carbonyl (C=O) groups excluding carboxylic acids is 1. The first-order chi connectivity index (χ1) is 12.5. The lowest BCUT2D eigenvalue weighted by Gasteiger charge is -2.21. The smallest absolute Gasteiger partial charge is 0.159 e. The van der Waals surface area contributed by atoms with Gasteiger partial charge in [-0.05, 0) is 60.7 Å². The van der Waals surface area contributed by atoms with Crippen molar-refractivity contribution in [3.8, 4) is 5.75 Å². The van der Waals surface area contributed by atoms with Crippen molar-refractivity contribution in [1.29, 1.82) is 0 Å². The van der Waals surface area contributed by atoms with Gasteiger partial charge >= 0.3 is 0 Å². The Morgan fingerprint density at radius 1 is 0.808 bits per heavy atom. The molecule has 26 heavy (non-hydrogen) atoms. The van der Waals surface area contributed by atoms with E-state index in [0.717, 1.165) is 16.9 Å². The van der Waals surface area contributed by atoms with Crippen molar-refractivity contribution in [3.05, 3.63) is 100 Å². The molecule has 0 aromatic heterocycles. The van der Waals surface area contributed by atoms with Gasteiger partial charge in [-0.25, -0.2) is 0 Å². The quantitative estimate of drug-likeness (QED) is 0.439. The van der Waals surface area contributed by atoms with Crippen LogP contribution in [0.25, 0.3) is 0 Å². The van der Waals surface area contributed by atoms with Gasteiger partial charge in [-0.2, -0.15) is 0 Å². The molecule has 0 aliphatic rings. The van der Waals surface area contributed by atoms with Crippen molar-refractivity contribution in [1.82, 2.24) is 0 Å². The molecule has 0 aliphatic carbocycles. The van der Waals surface area contributed by atoms with E-state index in [9.17, 15) is 4.79 Å². The summed E-state index contributed by atoms with van der Waals surface area (Å²) in [6, 6.07) is 22.7. The molecule has 2 nitrogen and oxygen atoms in total. The molecule has 0 fully saturated rings. The van der Waals surface area contributed by atoms with Crippen LogP contribution in [0.2, 0.25) is 0 Å². The molecule has 0 spiro atoms. The van der Waals surface area contributed by atoms with Crippen molar-refractivity contribution in [2.24, 2.45) is 0 Å². The fraction of sp³-hybridized carbons (Fsp3) is 0.208. The van der Waals surface area contributed by atoms with Gasteiger partial charge in [0.15, 0.2) is 5.78 Å². The van der Waals surface area contributed by atoms with Gasteiger partial charge in [0.05, 0.1) is 7.11 Å². The number of hydrogen-bond donors (Lipinski definition) is 0. The maximum atomic E-state index is 11.6. The predicted octanol–water partition coefficient (Wildman–Crippen LogP) is 5.69. The number of rotatable bonds is 5. The summed E-state index contributed by atoms with van der Waals surface area (Å²) >= 11 is 0. The van der Waals surface area contributed by atoms with E-state index in [4.69, 9.17) is 4.74 Å². The van der Waals surface area contributed by atoms with Gasteiger partial charge in [0.2, 0.25) is 0 Å².